The molecule has 0 spiro atoms. The van der Waals surface area contributed by atoms with Gasteiger partial charge in [0.2, 0.25) is 6.79 Å². The summed E-state index contributed by atoms with van der Waals surface area (Å²) in [5, 5.41) is 6.48. The van der Waals surface area contributed by atoms with Crippen LogP contribution in [0, 0.1) is 0 Å². The van der Waals surface area contributed by atoms with Crippen LogP contribution in [0.15, 0.2) is 17.1 Å². The van der Waals surface area contributed by atoms with Gasteiger partial charge in [-0.25, -0.2) is 0 Å². The molecule has 0 unspecified atom stereocenters. The summed E-state index contributed by atoms with van der Waals surface area (Å²) in [6.07, 6.45) is 4.03. The van der Waals surface area contributed by atoms with Crippen LogP contribution in [0.4, 0.5) is 8.78 Å². The molecule has 2 heterocycles. The standard InChI is InChI=1S/C18H25F2N3O4S.HI/c1-21-17(23-10-18(28-2)3-5-24-6-4-18)22-9-12-7-14-15(26-11-25-14)8-13(12)27-16(19)20;/h7-8,16H,3-6,9-11H2,1-2H3,(H2,21,22,23);1H. The Morgan fingerprint density at radius 1 is 1.24 bits per heavy atom. The van der Waals surface area contributed by atoms with E-state index in [4.69, 9.17) is 14.2 Å². The second-order valence-corrected chi connectivity index (χ2v) is 7.74. The van der Waals surface area contributed by atoms with E-state index in [9.17, 15) is 8.78 Å². The van der Waals surface area contributed by atoms with Crippen molar-refractivity contribution in [3.05, 3.63) is 17.7 Å². The minimum absolute atomic E-state index is 0. The summed E-state index contributed by atoms with van der Waals surface area (Å²) in [5.74, 6) is 1.53. The number of nitrogens with zero attached hydrogens (tertiary/aromatic N) is 1. The Morgan fingerprint density at radius 3 is 2.55 bits per heavy atom. The van der Waals surface area contributed by atoms with E-state index in [1.165, 1.54) is 6.07 Å². The van der Waals surface area contributed by atoms with Crippen molar-refractivity contribution >= 4 is 41.7 Å². The van der Waals surface area contributed by atoms with Crippen molar-refractivity contribution in [1.29, 1.82) is 0 Å². The summed E-state index contributed by atoms with van der Waals surface area (Å²) in [6, 6.07) is 3.06. The van der Waals surface area contributed by atoms with Crippen molar-refractivity contribution in [2.45, 2.75) is 30.7 Å². The number of rotatable bonds is 7. The first-order chi connectivity index (χ1) is 13.5. The first-order valence-corrected chi connectivity index (χ1v) is 10.2. The Morgan fingerprint density at radius 2 is 1.93 bits per heavy atom. The fourth-order valence-corrected chi connectivity index (χ4v) is 3.94. The first kappa shape index (κ1) is 24.1. The molecule has 0 amide bonds. The number of ether oxygens (including phenoxy) is 4. The van der Waals surface area contributed by atoms with Gasteiger partial charge in [-0.15, -0.1) is 24.0 Å². The third kappa shape index (κ3) is 6.38. The van der Waals surface area contributed by atoms with E-state index in [0.29, 0.717) is 23.0 Å². The molecule has 2 aliphatic heterocycles. The molecule has 2 aliphatic rings. The van der Waals surface area contributed by atoms with Crippen LogP contribution >= 0.6 is 35.7 Å². The number of thioether (sulfide) groups is 1. The van der Waals surface area contributed by atoms with E-state index in [1.54, 1.807) is 13.1 Å². The lowest BCUT2D eigenvalue weighted by Gasteiger charge is -2.36. The number of hydrogen-bond donors (Lipinski definition) is 2. The van der Waals surface area contributed by atoms with Crippen molar-refractivity contribution in [3.63, 3.8) is 0 Å². The number of guanidine groups is 1. The second-order valence-electron chi connectivity index (χ2n) is 6.47. The van der Waals surface area contributed by atoms with Crippen LogP contribution in [-0.2, 0) is 11.3 Å². The van der Waals surface area contributed by atoms with Crippen molar-refractivity contribution in [3.8, 4) is 17.2 Å². The van der Waals surface area contributed by atoms with E-state index < -0.39 is 6.61 Å². The molecule has 7 nitrogen and oxygen atoms in total. The molecule has 1 aromatic rings. The van der Waals surface area contributed by atoms with Gasteiger partial charge in [0.05, 0.1) is 0 Å². The number of fused-ring (bicyclic) bond motifs is 1. The maximum absolute atomic E-state index is 12.8. The summed E-state index contributed by atoms with van der Waals surface area (Å²) in [5.41, 5.74) is 0.526. The van der Waals surface area contributed by atoms with Crippen LogP contribution < -0.4 is 24.8 Å². The number of benzene rings is 1. The number of aliphatic imine (C=N–C) groups is 1. The quantitative estimate of drug-likeness (QED) is 0.310. The van der Waals surface area contributed by atoms with E-state index in [2.05, 4.69) is 26.6 Å². The molecular weight excluding hydrogens is 519 g/mol. The van der Waals surface area contributed by atoms with Gasteiger partial charge in [-0.05, 0) is 25.2 Å². The Hall–Kier alpha value is -1.21. The van der Waals surface area contributed by atoms with E-state index >= 15 is 0 Å². The molecule has 1 aromatic carbocycles. The average molecular weight is 545 g/mol. The van der Waals surface area contributed by atoms with Gasteiger partial charge in [0.1, 0.15) is 5.75 Å². The molecule has 0 saturated carbocycles. The number of nitrogens with one attached hydrogen (secondary N) is 2. The predicted octanol–water partition coefficient (Wildman–Crippen LogP) is 3.21. The maximum atomic E-state index is 12.8. The molecular formula is C18H26F2IN3O4S. The highest BCUT2D eigenvalue weighted by atomic mass is 127. The second kappa shape index (κ2) is 11.3. The van der Waals surface area contributed by atoms with Gasteiger partial charge in [-0.1, -0.05) is 0 Å². The number of halogens is 3. The van der Waals surface area contributed by atoms with E-state index in [0.717, 1.165) is 32.6 Å². The van der Waals surface area contributed by atoms with Gasteiger partial charge >= 0.3 is 6.61 Å². The fourth-order valence-electron chi connectivity index (χ4n) is 3.15. The molecule has 29 heavy (non-hydrogen) atoms. The third-order valence-corrected chi connectivity index (χ3v) is 6.28. The topological polar surface area (TPSA) is 73.3 Å². The molecule has 1 fully saturated rings. The first-order valence-electron chi connectivity index (χ1n) is 9.00. The van der Waals surface area contributed by atoms with E-state index in [-0.39, 0.29) is 47.8 Å². The van der Waals surface area contributed by atoms with Crippen LogP contribution in [0.25, 0.3) is 0 Å². The van der Waals surface area contributed by atoms with Gasteiger partial charge in [-0.3, -0.25) is 4.99 Å². The summed E-state index contributed by atoms with van der Waals surface area (Å²) in [4.78, 5) is 4.23. The summed E-state index contributed by atoms with van der Waals surface area (Å²) < 4.78 is 46.3. The van der Waals surface area contributed by atoms with Crippen molar-refractivity contribution in [2.75, 3.05) is 39.9 Å². The SMILES string of the molecule is CN=C(NCc1cc2c(cc1OC(F)F)OCO2)NCC1(SC)CCOCC1.I. The highest BCUT2D eigenvalue weighted by Gasteiger charge is 2.31. The molecule has 0 aliphatic carbocycles. The third-order valence-electron chi connectivity index (χ3n) is 4.86. The average Bonchev–Trinajstić information content (AvgIpc) is 3.15. The lowest BCUT2D eigenvalue weighted by Crippen LogP contribution is -2.47. The lowest BCUT2D eigenvalue weighted by atomic mass is 9.99. The lowest BCUT2D eigenvalue weighted by molar-refractivity contribution is -0.0505. The van der Waals surface area contributed by atoms with Gasteiger partial charge < -0.3 is 29.6 Å². The fraction of sp³-hybridized carbons (Fsp3) is 0.611. The Labute approximate surface area is 190 Å². The molecule has 1 saturated heterocycles. The zero-order valence-corrected chi connectivity index (χ0v) is 19.5. The molecule has 3 rings (SSSR count). The molecule has 164 valence electrons. The monoisotopic (exact) mass is 545 g/mol. The van der Waals surface area contributed by atoms with Crippen LogP contribution in [0.5, 0.6) is 17.2 Å². The van der Waals surface area contributed by atoms with Crippen LogP contribution in [-0.4, -0.2) is 57.2 Å². The zero-order chi connectivity index (χ0) is 20.0. The summed E-state index contributed by atoms with van der Waals surface area (Å²) in [6.45, 7) is -0.386. The molecule has 2 N–H and O–H groups in total. The van der Waals surface area contributed by atoms with Gasteiger partial charge in [0.15, 0.2) is 17.5 Å². The highest BCUT2D eigenvalue weighted by Crippen LogP contribution is 2.38. The smallest absolute Gasteiger partial charge is 0.387 e. The number of alkyl halides is 2. The minimum atomic E-state index is -2.92. The van der Waals surface area contributed by atoms with Crippen molar-refractivity contribution < 1.29 is 27.7 Å². The molecule has 0 aromatic heterocycles. The van der Waals surface area contributed by atoms with Crippen LogP contribution in [0.2, 0.25) is 0 Å². The molecule has 0 atom stereocenters. The Bertz CT molecular complexity index is 706. The zero-order valence-electron chi connectivity index (χ0n) is 16.3. The minimum Gasteiger partial charge on any atom is -0.454 e. The van der Waals surface area contributed by atoms with Gasteiger partial charge in [0, 0.05) is 49.7 Å². The van der Waals surface area contributed by atoms with Crippen molar-refractivity contribution in [1.82, 2.24) is 10.6 Å². The summed E-state index contributed by atoms with van der Waals surface area (Å²) in [7, 11) is 1.67. The molecule has 0 radical (unpaired) electrons. The molecule has 0 bridgehead atoms. The molecule has 11 heteroatoms. The summed E-state index contributed by atoms with van der Waals surface area (Å²) >= 11 is 1.82. The normalized spacial score (nSPS) is 17.6. The largest absolute Gasteiger partial charge is 0.454 e. The number of hydrogen-bond acceptors (Lipinski definition) is 6. The predicted molar refractivity (Wildman–Crippen MR) is 119 cm³/mol. The van der Waals surface area contributed by atoms with E-state index in [1.807, 2.05) is 11.8 Å². The highest BCUT2D eigenvalue weighted by molar-refractivity contribution is 14.0. The Kier molecular flexibility index (Phi) is 9.34. The van der Waals surface area contributed by atoms with Gasteiger partial charge in [-0.2, -0.15) is 20.5 Å². The van der Waals surface area contributed by atoms with Crippen molar-refractivity contribution in [2.24, 2.45) is 4.99 Å². The van der Waals surface area contributed by atoms with Gasteiger partial charge in [0.25, 0.3) is 0 Å². The maximum Gasteiger partial charge on any atom is 0.387 e. The Balaban J connectivity index is 0.00000300. The van der Waals surface area contributed by atoms with Crippen LogP contribution in [0.1, 0.15) is 18.4 Å². The van der Waals surface area contributed by atoms with Crippen LogP contribution in [0.3, 0.4) is 0 Å².